The zero-order valence-electron chi connectivity index (χ0n) is 9.11. The third kappa shape index (κ3) is 5.09. The molecule has 0 amide bonds. The highest BCUT2D eigenvalue weighted by molar-refractivity contribution is 7.99. The third-order valence-electron chi connectivity index (χ3n) is 1.99. The topological polar surface area (TPSA) is 29.5 Å². The number of para-hydroxylation sites is 1. The Labute approximate surface area is 95.7 Å². The number of thioether (sulfide) groups is 1. The van der Waals surface area contributed by atoms with E-state index in [4.69, 9.17) is 4.74 Å². The summed E-state index contributed by atoms with van der Waals surface area (Å²) in [6, 6.07) is 7.39. The zero-order valence-corrected chi connectivity index (χ0v) is 9.93. The molecule has 0 spiro atoms. The van der Waals surface area contributed by atoms with Crippen molar-refractivity contribution in [3.8, 4) is 5.75 Å². The van der Waals surface area contributed by atoms with Gasteiger partial charge in [0, 0.05) is 17.3 Å². The second kappa shape index (κ2) is 7.60. The number of ether oxygens (including phenoxy) is 1. The van der Waals surface area contributed by atoms with E-state index in [1.54, 1.807) is 17.8 Å². The van der Waals surface area contributed by atoms with E-state index in [1.807, 2.05) is 18.2 Å². The summed E-state index contributed by atoms with van der Waals surface area (Å²) in [4.78, 5) is 0.927. The Bertz CT molecular complexity index is 276. The minimum atomic E-state index is 0.357. The Hall–Kier alpha value is -0.670. The van der Waals surface area contributed by atoms with Crippen LogP contribution in [0, 0.1) is 0 Å². The van der Waals surface area contributed by atoms with Crippen molar-refractivity contribution in [2.75, 3.05) is 19.0 Å². The van der Waals surface area contributed by atoms with Crippen LogP contribution in [0.2, 0.25) is 0 Å². The third-order valence-corrected chi connectivity index (χ3v) is 3.02. The van der Waals surface area contributed by atoms with Gasteiger partial charge in [-0.05, 0) is 18.6 Å². The van der Waals surface area contributed by atoms with E-state index >= 15 is 0 Å². The van der Waals surface area contributed by atoms with Gasteiger partial charge in [-0.1, -0.05) is 25.5 Å². The molecule has 0 saturated carbocycles. The number of hydrogen-bond donors (Lipinski definition) is 1. The Kier molecular flexibility index (Phi) is 6.28. The minimum absolute atomic E-state index is 0.357. The Morgan fingerprint density at radius 2 is 2.07 bits per heavy atom. The molecule has 1 aromatic carbocycles. The molecule has 0 aliphatic rings. The Morgan fingerprint density at radius 3 is 2.80 bits per heavy atom. The summed E-state index contributed by atoms with van der Waals surface area (Å²) < 4.78 is 5.43. The van der Waals surface area contributed by atoms with Crippen molar-refractivity contribution in [3.05, 3.63) is 24.3 Å². The molecule has 0 fully saturated rings. The molecule has 15 heavy (non-hydrogen) atoms. The molecule has 0 radical (unpaired) electrons. The summed E-state index contributed by atoms with van der Waals surface area (Å²) in [6.07, 6.45) is 2.30. The minimum Gasteiger partial charge on any atom is -0.507 e. The van der Waals surface area contributed by atoms with Crippen LogP contribution in [-0.4, -0.2) is 24.1 Å². The fraction of sp³-hybridized carbons (Fsp3) is 0.500. The molecular formula is C12H18O2S. The largest absolute Gasteiger partial charge is 0.507 e. The molecule has 1 aromatic rings. The number of aromatic hydroxyl groups is 1. The van der Waals surface area contributed by atoms with Crippen LogP contribution >= 0.6 is 11.8 Å². The van der Waals surface area contributed by atoms with Crippen molar-refractivity contribution in [1.82, 2.24) is 0 Å². The first kappa shape index (κ1) is 12.4. The molecule has 2 nitrogen and oxygen atoms in total. The molecule has 0 bridgehead atoms. The standard InChI is InChI=1S/C12H18O2S/c1-2-3-8-14-9-10-15-12-7-5-4-6-11(12)13/h4-7,13H,2-3,8-10H2,1H3. The molecule has 84 valence electrons. The van der Waals surface area contributed by atoms with Gasteiger partial charge >= 0.3 is 0 Å². The van der Waals surface area contributed by atoms with Gasteiger partial charge in [0.25, 0.3) is 0 Å². The average Bonchev–Trinajstić information content (AvgIpc) is 2.25. The zero-order chi connectivity index (χ0) is 10.9. The van der Waals surface area contributed by atoms with Gasteiger partial charge < -0.3 is 9.84 Å². The summed E-state index contributed by atoms with van der Waals surface area (Å²) in [5.41, 5.74) is 0. The quantitative estimate of drug-likeness (QED) is 0.571. The number of rotatable bonds is 7. The molecule has 0 heterocycles. The molecule has 0 aromatic heterocycles. The first-order chi connectivity index (χ1) is 7.34. The van der Waals surface area contributed by atoms with Gasteiger partial charge in [-0.3, -0.25) is 0 Å². The first-order valence-electron chi connectivity index (χ1n) is 5.33. The Morgan fingerprint density at radius 1 is 1.27 bits per heavy atom. The van der Waals surface area contributed by atoms with Crippen molar-refractivity contribution in [3.63, 3.8) is 0 Å². The van der Waals surface area contributed by atoms with Crippen molar-refractivity contribution in [1.29, 1.82) is 0 Å². The van der Waals surface area contributed by atoms with Crippen molar-refractivity contribution in [2.45, 2.75) is 24.7 Å². The summed E-state index contributed by atoms with van der Waals surface area (Å²) in [7, 11) is 0. The molecule has 0 saturated heterocycles. The molecule has 0 aliphatic heterocycles. The smallest absolute Gasteiger partial charge is 0.129 e. The fourth-order valence-corrected chi connectivity index (χ4v) is 1.95. The maximum absolute atomic E-state index is 9.49. The summed E-state index contributed by atoms with van der Waals surface area (Å²) in [5, 5.41) is 9.49. The highest BCUT2D eigenvalue weighted by Gasteiger charge is 1.99. The second-order valence-electron chi connectivity index (χ2n) is 3.28. The molecular weight excluding hydrogens is 208 g/mol. The normalized spacial score (nSPS) is 10.5. The highest BCUT2D eigenvalue weighted by atomic mass is 32.2. The van der Waals surface area contributed by atoms with Crippen LogP contribution < -0.4 is 0 Å². The predicted molar refractivity (Wildman–Crippen MR) is 64.6 cm³/mol. The maximum atomic E-state index is 9.49. The van der Waals surface area contributed by atoms with Gasteiger partial charge in [-0.15, -0.1) is 11.8 Å². The summed E-state index contributed by atoms with van der Waals surface area (Å²) in [6.45, 7) is 3.75. The van der Waals surface area contributed by atoms with E-state index in [0.29, 0.717) is 5.75 Å². The van der Waals surface area contributed by atoms with E-state index in [0.717, 1.165) is 30.3 Å². The lowest BCUT2D eigenvalue weighted by Gasteiger charge is -2.04. The molecule has 0 unspecified atom stereocenters. The second-order valence-corrected chi connectivity index (χ2v) is 4.42. The van der Waals surface area contributed by atoms with Crippen LogP contribution in [0.4, 0.5) is 0 Å². The van der Waals surface area contributed by atoms with Crippen molar-refractivity contribution < 1.29 is 9.84 Å². The van der Waals surface area contributed by atoms with Gasteiger partial charge in [0.1, 0.15) is 5.75 Å². The molecule has 0 atom stereocenters. The lowest BCUT2D eigenvalue weighted by molar-refractivity contribution is 0.147. The molecule has 1 rings (SSSR count). The Balaban J connectivity index is 2.12. The van der Waals surface area contributed by atoms with E-state index in [1.165, 1.54) is 6.42 Å². The van der Waals surface area contributed by atoms with Crippen LogP contribution in [0.1, 0.15) is 19.8 Å². The average molecular weight is 226 g/mol. The monoisotopic (exact) mass is 226 g/mol. The fourth-order valence-electron chi connectivity index (χ4n) is 1.14. The lowest BCUT2D eigenvalue weighted by Crippen LogP contribution is -1.98. The van der Waals surface area contributed by atoms with Gasteiger partial charge in [0.15, 0.2) is 0 Å². The first-order valence-corrected chi connectivity index (χ1v) is 6.31. The van der Waals surface area contributed by atoms with E-state index in [2.05, 4.69) is 6.92 Å². The number of phenolic OH excluding ortho intramolecular Hbond substituents is 1. The van der Waals surface area contributed by atoms with Crippen molar-refractivity contribution >= 4 is 11.8 Å². The maximum Gasteiger partial charge on any atom is 0.129 e. The van der Waals surface area contributed by atoms with Gasteiger partial charge in [-0.25, -0.2) is 0 Å². The van der Waals surface area contributed by atoms with Crippen LogP contribution in [0.5, 0.6) is 5.75 Å². The van der Waals surface area contributed by atoms with E-state index in [-0.39, 0.29) is 0 Å². The predicted octanol–water partition coefficient (Wildman–Crippen LogP) is 3.30. The molecule has 3 heteroatoms. The van der Waals surface area contributed by atoms with Crippen molar-refractivity contribution in [2.24, 2.45) is 0 Å². The van der Waals surface area contributed by atoms with Gasteiger partial charge in [-0.2, -0.15) is 0 Å². The van der Waals surface area contributed by atoms with E-state index < -0.39 is 0 Å². The number of hydrogen-bond acceptors (Lipinski definition) is 3. The SMILES string of the molecule is CCCCOCCSc1ccccc1O. The van der Waals surface area contributed by atoms with Gasteiger partial charge in [0.2, 0.25) is 0 Å². The summed E-state index contributed by atoms with van der Waals surface area (Å²) >= 11 is 1.63. The number of benzene rings is 1. The molecule has 0 aliphatic carbocycles. The summed E-state index contributed by atoms with van der Waals surface area (Å²) in [5.74, 6) is 1.25. The molecule has 1 N–H and O–H groups in total. The van der Waals surface area contributed by atoms with Crippen LogP contribution in [0.15, 0.2) is 29.2 Å². The van der Waals surface area contributed by atoms with E-state index in [9.17, 15) is 5.11 Å². The number of unbranched alkanes of at least 4 members (excludes halogenated alkanes) is 1. The lowest BCUT2D eigenvalue weighted by atomic mass is 10.3. The van der Waals surface area contributed by atoms with Gasteiger partial charge in [0.05, 0.1) is 6.61 Å². The highest BCUT2D eigenvalue weighted by Crippen LogP contribution is 2.27. The van der Waals surface area contributed by atoms with Crippen LogP contribution in [-0.2, 0) is 4.74 Å². The van der Waals surface area contributed by atoms with Crippen LogP contribution in [0.25, 0.3) is 0 Å². The number of phenols is 1. The van der Waals surface area contributed by atoms with Crippen LogP contribution in [0.3, 0.4) is 0 Å².